The quantitative estimate of drug-likeness (QED) is 0.831. The number of halogens is 4. The van der Waals surface area contributed by atoms with Gasteiger partial charge in [0.1, 0.15) is 0 Å². The van der Waals surface area contributed by atoms with Crippen LogP contribution in [0.25, 0.3) is 0 Å². The van der Waals surface area contributed by atoms with E-state index >= 15 is 0 Å². The molecule has 6 heteroatoms. The highest BCUT2D eigenvalue weighted by Crippen LogP contribution is 2.39. The summed E-state index contributed by atoms with van der Waals surface area (Å²) < 4.78 is 39.9. The van der Waals surface area contributed by atoms with E-state index in [9.17, 15) is 13.2 Å². The van der Waals surface area contributed by atoms with Crippen LogP contribution in [0.1, 0.15) is 37.4 Å². The maximum absolute atomic E-state index is 13.0. The molecule has 0 aromatic heterocycles. The van der Waals surface area contributed by atoms with Crippen LogP contribution in [0.5, 0.6) is 0 Å². The fourth-order valence-corrected chi connectivity index (χ4v) is 3.47. The summed E-state index contributed by atoms with van der Waals surface area (Å²) in [6.07, 6.45) is -3.38. The van der Waals surface area contributed by atoms with Gasteiger partial charge < -0.3 is 5.32 Å². The van der Waals surface area contributed by atoms with E-state index in [0.717, 1.165) is 48.7 Å². The van der Waals surface area contributed by atoms with E-state index in [4.69, 9.17) is 0 Å². The van der Waals surface area contributed by atoms with Crippen molar-refractivity contribution in [3.8, 4) is 0 Å². The standard InChI is InChI=1S/C16H22BrF3N2/c1-3-11(2)15(22-8-6-21-7-9-22)13-10-12(16(18,19)20)4-5-14(13)17/h4-5,10-11,15,21H,3,6-9H2,1-2H3/t11?,15-/m0/s1. The van der Waals surface area contributed by atoms with E-state index < -0.39 is 11.7 Å². The van der Waals surface area contributed by atoms with Gasteiger partial charge >= 0.3 is 6.18 Å². The van der Waals surface area contributed by atoms with Crippen LogP contribution < -0.4 is 5.32 Å². The summed E-state index contributed by atoms with van der Waals surface area (Å²) in [5.74, 6) is 0.290. The van der Waals surface area contributed by atoms with Crippen LogP contribution in [-0.4, -0.2) is 31.1 Å². The third-order valence-electron chi connectivity index (χ3n) is 4.37. The van der Waals surface area contributed by atoms with Crippen molar-refractivity contribution in [1.29, 1.82) is 0 Å². The van der Waals surface area contributed by atoms with Gasteiger partial charge in [-0.2, -0.15) is 13.2 Å². The first-order valence-electron chi connectivity index (χ1n) is 7.66. The smallest absolute Gasteiger partial charge is 0.314 e. The molecule has 1 aromatic carbocycles. The Morgan fingerprint density at radius 3 is 2.45 bits per heavy atom. The predicted molar refractivity (Wildman–Crippen MR) is 85.8 cm³/mol. The molecule has 1 aromatic rings. The fourth-order valence-electron chi connectivity index (χ4n) is 2.99. The summed E-state index contributed by atoms with van der Waals surface area (Å²) in [7, 11) is 0. The normalized spacial score (nSPS) is 19.9. The Morgan fingerprint density at radius 1 is 1.27 bits per heavy atom. The van der Waals surface area contributed by atoms with Gasteiger partial charge in [0.15, 0.2) is 0 Å². The minimum atomic E-state index is -4.31. The molecule has 0 aliphatic carbocycles. The van der Waals surface area contributed by atoms with Crippen molar-refractivity contribution in [3.63, 3.8) is 0 Å². The van der Waals surface area contributed by atoms with Crippen LogP contribution in [0.4, 0.5) is 13.2 Å². The molecule has 1 N–H and O–H groups in total. The molecule has 0 spiro atoms. The second-order valence-corrected chi connectivity index (χ2v) is 6.70. The third-order valence-corrected chi connectivity index (χ3v) is 5.09. The molecule has 1 aliphatic heterocycles. The number of hydrogen-bond donors (Lipinski definition) is 1. The van der Waals surface area contributed by atoms with Gasteiger partial charge in [-0.15, -0.1) is 0 Å². The lowest BCUT2D eigenvalue weighted by Gasteiger charge is -2.39. The van der Waals surface area contributed by atoms with Crippen molar-refractivity contribution in [3.05, 3.63) is 33.8 Å². The maximum Gasteiger partial charge on any atom is 0.416 e. The van der Waals surface area contributed by atoms with Gasteiger partial charge in [0.25, 0.3) is 0 Å². The van der Waals surface area contributed by atoms with E-state index in [0.29, 0.717) is 0 Å². The lowest BCUT2D eigenvalue weighted by molar-refractivity contribution is -0.137. The lowest BCUT2D eigenvalue weighted by atomic mass is 9.89. The SMILES string of the molecule is CCC(C)[C@@H](c1cc(C(F)(F)F)ccc1Br)N1CCNCC1. The average molecular weight is 379 g/mol. The van der Waals surface area contributed by atoms with Crippen molar-refractivity contribution < 1.29 is 13.2 Å². The molecular weight excluding hydrogens is 357 g/mol. The summed E-state index contributed by atoms with van der Waals surface area (Å²) in [5, 5.41) is 3.29. The Morgan fingerprint density at radius 2 is 1.91 bits per heavy atom. The molecule has 0 saturated carbocycles. The fraction of sp³-hybridized carbons (Fsp3) is 0.625. The van der Waals surface area contributed by atoms with Crippen molar-refractivity contribution >= 4 is 15.9 Å². The Labute approximate surface area is 138 Å². The minimum absolute atomic E-state index is 0.00350. The largest absolute Gasteiger partial charge is 0.416 e. The highest BCUT2D eigenvalue weighted by Gasteiger charge is 2.34. The Hall–Kier alpha value is -0.590. The zero-order valence-corrected chi connectivity index (χ0v) is 14.5. The van der Waals surface area contributed by atoms with Crippen molar-refractivity contribution in [2.75, 3.05) is 26.2 Å². The highest BCUT2D eigenvalue weighted by atomic mass is 79.9. The summed E-state index contributed by atoms with van der Waals surface area (Å²) in [4.78, 5) is 2.30. The van der Waals surface area contributed by atoms with Crippen molar-refractivity contribution in [2.24, 2.45) is 5.92 Å². The number of alkyl halides is 3. The molecule has 0 radical (unpaired) electrons. The first kappa shape index (κ1) is 17.8. The van der Waals surface area contributed by atoms with E-state index in [1.54, 1.807) is 0 Å². The lowest BCUT2D eigenvalue weighted by Crippen LogP contribution is -2.46. The second-order valence-electron chi connectivity index (χ2n) is 5.85. The molecule has 2 rings (SSSR count). The number of nitrogens with zero attached hydrogens (tertiary/aromatic N) is 1. The van der Waals surface area contributed by atoms with Crippen molar-refractivity contribution in [2.45, 2.75) is 32.5 Å². The first-order chi connectivity index (χ1) is 10.3. The molecule has 124 valence electrons. The first-order valence-corrected chi connectivity index (χ1v) is 8.45. The zero-order chi connectivity index (χ0) is 16.3. The topological polar surface area (TPSA) is 15.3 Å². The Kier molecular flexibility index (Phi) is 5.91. The van der Waals surface area contributed by atoms with Crippen LogP contribution in [0, 0.1) is 5.92 Å². The molecule has 0 bridgehead atoms. The Balaban J connectivity index is 2.41. The van der Waals surface area contributed by atoms with Crippen LogP contribution in [-0.2, 0) is 6.18 Å². The van der Waals surface area contributed by atoms with Crippen LogP contribution in [0.15, 0.2) is 22.7 Å². The number of benzene rings is 1. The minimum Gasteiger partial charge on any atom is -0.314 e. The summed E-state index contributed by atoms with van der Waals surface area (Å²) in [5.41, 5.74) is 0.167. The number of rotatable bonds is 4. The van der Waals surface area contributed by atoms with Gasteiger partial charge in [0.05, 0.1) is 5.56 Å². The number of hydrogen-bond acceptors (Lipinski definition) is 2. The van der Waals surface area contributed by atoms with Gasteiger partial charge in [0, 0.05) is 36.7 Å². The molecule has 22 heavy (non-hydrogen) atoms. The summed E-state index contributed by atoms with van der Waals surface area (Å²) in [6.45, 7) is 7.67. The molecule has 2 atom stereocenters. The molecule has 0 amide bonds. The summed E-state index contributed by atoms with van der Waals surface area (Å²) >= 11 is 3.45. The molecule has 1 unspecified atom stereocenters. The molecule has 1 heterocycles. The molecule has 1 saturated heterocycles. The van der Waals surface area contributed by atoms with E-state index in [1.807, 2.05) is 0 Å². The maximum atomic E-state index is 13.0. The number of piperazine rings is 1. The van der Waals surface area contributed by atoms with Crippen LogP contribution in [0.3, 0.4) is 0 Å². The van der Waals surface area contributed by atoms with Gasteiger partial charge in [-0.3, -0.25) is 4.90 Å². The summed E-state index contributed by atoms with van der Waals surface area (Å²) in [6, 6.07) is 3.97. The number of nitrogens with one attached hydrogen (secondary N) is 1. The molecule has 2 nitrogen and oxygen atoms in total. The van der Waals surface area contributed by atoms with Gasteiger partial charge in [-0.1, -0.05) is 36.2 Å². The predicted octanol–water partition coefficient (Wildman–Crippen LogP) is 4.46. The van der Waals surface area contributed by atoms with E-state index in [1.165, 1.54) is 12.1 Å². The van der Waals surface area contributed by atoms with Gasteiger partial charge in [0.2, 0.25) is 0 Å². The van der Waals surface area contributed by atoms with Gasteiger partial charge in [-0.25, -0.2) is 0 Å². The molecule has 1 fully saturated rings. The molecule has 1 aliphatic rings. The van der Waals surface area contributed by atoms with Crippen LogP contribution >= 0.6 is 15.9 Å². The van der Waals surface area contributed by atoms with E-state index in [2.05, 4.69) is 40.0 Å². The Bertz CT molecular complexity index is 499. The van der Waals surface area contributed by atoms with E-state index in [-0.39, 0.29) is 12.0 Å². The second kappa shape index (κ2) is 7.32. The van der Waals surface area contributed by atoms with Crippen molar-refractivity contribution in [1.82, 2.24) is 10.2 Å². The highest BCUT2D eigenvalue weighted by molar-refractivity contribution is 9.10. The monoisotopic (exact) mass is 378 g/mol. The van der Waals surface area contributed by atoms with Gasteiger partial charge in [-0.05, 0) is 29.7 Å². The molecular formula is C16H22BrF3N2. The average Bonchev–Trinajstić information content (AvgIpc) is 2.49. The zero-order valence-electron chi connectivity index (χ0n) is 12.9. The third kappa shape index (κ3) is 4.03. The van der Waals surface area contributed by atoms with Crippen LogP contribution in [0.2, 0.25) is 0 Å².